The molecule has 0 spiro atoms. The van der Waals surface area contributed by atoms with Gasteiger partial charge in [-0.1, -0.05) is 168 Å². The van der Waals surface area contributed by atoms with E-state index in [1.165, 1.54) is 148 Å². The van der Waals surface area contributed by atoms with Crippen molar-refractivity contribution in [3.05, 3.63) is 0 Å². The summed E-state index contributed by atoms with van der Waals surface area (Å²) in [5.74, 6) is 0.970. The summed E-state index contributed by atoms with van der Waals surface area (Å²) in [4.78, 5) is 0. The number of rotatable bonds is 23. The van der Waals surface area contributed by atoms with E-state index in [0.717, 1.165) is 5.92 Å². The van der Waals surface area contributed by atoms with Crippen molar-refractivity contribution in [1.82, 2.24) is 5.32 Å². The first-order valence-corrected chi connectivity index (χ1v) is 14.3. The lowest BCUT2D eigenvalue weighted by atomic mass is 9.95. The fourth-order valence-corrected chi connectivity index (χ4v) is 4.28. The molecule has 0 fully saturated rings. The van der Waals surface area contributed by atoms with Crippen molar-refractivity contribution in [2.24, 2.45) is 5.92 Å². The van der Waals surface area contributed by atoms with Gasteiger partial charge in [0, 0.05) is 0 Å². The number of nitrogens with one attached hydrogen (secondary N) is 1. The quantitative estimate of drug-likeness (QED) is 0.160. The van der Waals surface area contributed by atoms with Gasteiger partial charge in [0.1, 0.15) is 0 Å². The zero-order valence-electron chi connectivity index (χ0n) is 22.3. The van der Waals surface area contributed by atoms with Crippen LogP contribution in [0, 0.1) is 5.92 Å². The number of unbranched alkanes of at least 4 members (excludes halogenated alkanes) is 19. The Balaban J connectivity index is 0. The largest absolute Gasteiger partial charge is 0.323 e. The first-order chi connectivity index (χ1) is 14.7. The Labute approximate surface area is 194 Å². The molecule has 0 saturated heterocycles. The summed E-state index contributed by atoms with van der Waals surface area (Å²) in [6.45, 7) is 7.10. The standard InChI is InChI=1S/C27H56.C2H7N/c1-4-6-8-10-12-14-16-18-20-22-24-26-27(3)25-23-21-19-17-15-13-11-9-7-5-2;1-3-2/h27H,4-26H2,1-3H3;3H,1-2H3. The zero-order valence-corrected chi connectivity index (χ0v) is 22.3. The van der Waals surface area contributed by atoms with E-state index in [1.54, 1.807) is 0 Å². The van der Waals surface area contributed by atoms with E-state index >= 15 is 0 Å². The Morgan fingerprint density at radius 3 is 0.833 bits per heavy atom. The Hall–Kier alpha value is -0.0400. The van der Waals surface area contributed by atoms with Gasteiger partial charge in [0.05, 0.1) is 0 Å². The fourth-order valence-electron chi connectivity index (χ4n) is 4.28. The summed E-state index contributed by atoms with van der Waals surface area (Å²) in [5.41, 5.74) is 0. The molecule has 1 nitrogen and oxygen atoms in total. The van der Waals surface area contributed by atoms with Gasteiger partial charge in [0.25, 0.3) is 0 Å². The van der Waals surface area contributed by atoms with Gasteiger partial charge in [-0.2, -0.15) is 0 Å². The van der Waals surface area contributed by atoms with E-state index in [9.17, 15) is 0 Å². The average Bonchev–Trinajstić information content (AvgIpc) is 2.74. The average molecular weight is 426 g/mol. The van der Waals surface area contributed by atoms with Gasteiger partial charge in [-0.3, -0.25) is 0 Å². The first kappa shape index (κ1) is 32.1. The summed E-state index contributed by atoms with van der Waals surface area (Å²) < 4.78 is 0. The SMILES string of the molecule is CCCCCCCCCCCCCC(C)CCCCCCCCCCCC.CNC. The highest BCUT2D eigenvalue weighted by Gasteiger charge is 2.02. The Morgan fingerprint density at radius 1 is 0.400 bits per heavy atom. The molecule has 0 rings (SSSR count). The first-order valence-electron chi connectivity index (χ1n) is 14.3. The molecule has 0 radical (unpaired) electrons. The fraction of sp³-hybridized carbons (Fsp3) is 1.00. The van der Waals surface area contributed by atoms with E-state index in [2.05, 4.69) is 26.1 Å². The van der Waals surface area contributed by atoms with Crippen molar-refractivity contribution in [2.75, 3.05) is 14.1 Å². The van der Waals surface area contributed by atoms with Crippen molar-refractivity contribution in [2.45, 2.75) is 168 Å². The van der Waals surface area contributed by atoms with Crippen LogP contribution in [0.3, 0.4) is 0 Å². The molecule has 0 aliphatic heterocycles. The van der Waals surface area contributed by atoms with E-state index < -0.39 is 0 Å². The summed E-state index contributed by atoms with van der Waals surface area (Å²) >= 11 is 0. The van der Waals surface area contributed by atoms with E-state index in [1.807, 2.05) is 14.1 Å². The molecule has 0 heterocycles. The maximum Gasteiger partial charge on any atom is -0.0167 e. The van der Waals surface area contributed by atoms with Crippen LogP contribution in [-0.2, 0) is 0 Å². The Morgan fingerprint density at radius 2 is 0.600 bits per heavy atom. The van der Waals surface area contributed by atoms with Gasteiger partial charge in [0.2, 0.25) is 0 Å². The van der Waals surface area contributed by atoms with Crippen molar-refractivity contribution in [3.63, 3.8) is 0 Å². The van der Waals surface area contributed by atoms with Crippen LogP contribution in [-0.4, -0.2) is 14.1 Å². The molecule has 0 saturated carbocycles. The highest BCUT2D eigenvalue weighted by molar-refractivity contribution is 4.56. The predicted octanol–water partition coefficient (Wildman–Crippen LogP) is 10.5. The van der Waals surface area contributed by atoms with Crippen LogP contribution in [0.5, 0.6) is 0 Å². The Kier molecular flexibility index (Phi) is 33.4. The number of hydrogen-bond acceptors (Lipinski definition) is 1. The third-order valence-corrected chi connectivity index (χ3v) is 6.35. The molecule has 1 unspecified atom stereocenters. The molecule has 1 heteroatoms. The van der Waals surface area contributed by atoms with Gasteiger partial charge in [-0.15, -0.1) is 0 Å². The van der Waals surface area contributed by atoms with Crippen LogP contribution < -0.4 is 5.32 Å². The van der Waals surface area contributed by atoms with Crippen LogP contribution in [0.25, 0.3) is 0 Å². The lowest BCUT2D eigenvalue weighted by Gasteiger charge is -2.11. The molecule has 0 aliphatic carbocycles. The van der Waals surface area contributed by atoms with Crippen LogP contribution in [0.2, 0.25) is 0 Å². The minimum Gasteiger partial charge on any atom is -0.323 e. The maximum absolute atomic E-state index is 2.75. The smallest absolute Gasteiger partial charge is 0.0167 e. The van der Waals surface area contributed by atoms with Crippen molar-refractivity contribution in [3.8, 4) is 0 Å². The third kappa shape index (κ3) is 32.6. The van der Waals surface area contributed by atoms with Gasteiger partial charge in [-0.25, -0.2) is 0 Å². The van der Waals surface area contributed by atoms with Crippen molar-refractivity contribution in [1.29, 1.82) is 0 Å². The molecule has 0 amide bonds. The monoisotopic (exact) mass is 425 g/mol. The molecule has 0 aromatic rings. The van der Waals surface area contributed by atoms with Gasteiger partial charge >= 0.3 is 0 Å². The Bertz CT molecular complexity index is 263. The van der Waals surface area contributed by atoms with Crippen LogP contribution in [0.1, 0.15) is 168 Å². The molecular formula is C29H63N. The molecule has 0 aliphatic rings. The predicted molar refractivity (Wildman–Crippen MR) is 142 cm³/mol. The highest BCUT2D eigenvalue weighted by Crippen LogP contribution is 2.19. The summed E-state index contributed by atoms with van der Waals surface area (Å²) in [5, 5.41) is 2.75. The number of hydrogen-bond donors (Lipinski definition) is 1. The van der Waals surface area contributed by atoms with Crippen molar-refractivity contribution < 1.29 is 0 Å². The van der Waals surface area contributed by atoms with Crippen molar-refractivity contribution >= 4 is 0 Å². The van der Waals surface area contributed by atoms with E-state index in [4.69, 9.17) is 0 Å². The topological polar surface area (TPSA) is 12.0 Å². The van der Waals surface area contributed by atoms with Crippen LogP contribution in [0.15, 0.2) is 0 Å². The lowest BCUT2D eigenvalue weighted by Crippen LogP contribution is -1.95. The molecule has 1 N–H and O–H groups in total. The highest BCUT2D eigenvalue weighted by atomic mass is 14.7. The second-order valence-corrected chi connectivity index (χ2v) is 9.90. The lowest BCUT2D eigenvalue weighted by molar-refractivity contribution is 0.429. The second-order valence-electron chi connectivity index (χ2n) is 9.90. The molecule has 30 heavy (non-hydrogen) atoms. The molecule has 184 valence electrons. The minimum absolute atomic E-state index is 0.970. The molecule has 1 atom stereocenters. The molecule has 0 bridgehead atoms. The summed E-state index contributed by atoms with van der Waals surface area (Å²) in [6.07, 6.45) is 33.8. The minimum atomic E-state index is 0.970. The van der Waals surface area contributed by atoms with E-state index in [-0.39, 0.29) is 0 Å². The molecular weight excluding hydrogens is 362 g/mol. The summed E-state index contributed by atoms with van der Waals surface area (Å²) in [7, 11) is 3.75. The molecule has 0 aromatic carbocycles. The molecule has 0 aromatic heterocycles. The van der Waals surface area contributed by atoms with Crippen LogP contribution >= 0.6 is 0 Å². The van der Waals surface area contributed by atoms with Gasteiger partial charge < -0.3 is 5.32 Å². The van der Waals surface area contributed by atoms with E-state index in [0.29, 0.717) is 0 Å². The normalized spacial score (nSPS) is 11.9. The summed E-state index contributed by atoms with van der Waals surface area (Å²) in [6, 6.07) is 0. The zero-order chi connectivity index (χ0) is 22.5. The van der Waals surface area contributed by atoms with Gasteiger partial charge in [-0.05, 0) is 20.0 Å². The maximum atomic E-state index is 2.75. The second kappa shape index (κ2) is 31.1. The third-order valence-electron chi connectivity index (χ3n) is 6.35. The van der Waals surface area contributed by atoms with Crippen LogP contribution in [0.4, 0.5) is 0 Å². The van der Waals surface area contributed by atoms with Gasteiger partial charge in [0.15, 0.2) is 0 Å².